The molecule has 7 heteroatoms. The molecule has 152 valence electrons. The van der Waals surface area contributed by atoms with Gasteiger partial charge in [0.05, 0.1) is 5.69 Å². The van der Waals surface area contributed by atoms with Gasteiger partial charge < -0.3 is 9.47 Å². The number of carbonyl (C=O) groups excluding carboxylic acids is 1. The van der Waals surface area contributed by atoms with E-state index in [1.165, 1.54) is 11.1 Å². The molecule has 1 aliphatic heterocycles. The van der Waals surface area contributed by atoms with Gasteiger partial charge in [0.2, 0.25) is 0 Å². The summed E-state index contributed by atoms with van der Waals surface area (Å²) in [4.78, 5) is 15.0. The van der Waals surface area contributed by atoms with Crippen LogP contribution in [0.4, 0.5) is 0 Å². The van der Waals surface area contributed by atoms with Gasteiger partial charge in [0.15, 0.2) is 0 Å². The van der Waals surface area contributed by atoms with Crippen LogP contribution in [-0.2, 0) is 0 Å². The Labute approximate surface area is 171 Å². The van der Waals surface area contributed by atoms with Crippen LogP contribution in [0.2, 0.25) is 0 Å². The van der Waals surface area contributed by atoms with Gasteiger partial charge in [0.25, 0.3) is 5.91 Å². The summed E-state index contributed by atoms with van der Waals surface area (Å²) in [5.74, 6) is 1.17. The average Bonchev–Trinajstić information content (AvgIpc) is 3.39. The molecule has 3 heterocycles. The molecule has 29 heavy (non-hydrogen) atoms. The summed E-state index contributed by atoms with van der Waals surface area (Å²) >= 11 is 0. The molecule has 3 aromatic rings. The second-order valence-electron chi connectivity index (χ2n) is 8.25. The minimum atomic E-state index is -0.00658. The molecule has 1 N–H and O–H groups in total. The SMILES string of the molecule is Cc1ccc(-c2cc(C(=O)N3CCCC(c4nncn4C(C)C)C3)[nH]n2)cc1C. The molecule has 0 radical (unpaired) electrons. The third-order valence-electron chi connectivity index (χ3n) is 5.84. The van der Waals surface area contributed by atoms with Gasteiger partial charge in [0, 0.05) is 30.6 Å². The normalized spacial score (nSPS) is 17.1. The van der Waals surface area contributed by atoms with Crippen molar-refractivity contribution in [3.8, 4) is 11.3 Å². The minimum absolute atomic E-state index is 0.00658. The molecule has 0 aliphatic carbocycles. The lowest BCUT2D eigenvalue weighted by molar-refractivity contribution is 0.0697. The number of aryl methyl sites for hydroxylation is 2. The van der Waals surface area contributed by atoms with E-state index in [0.29, 0.717) is 18.3 Å². The van der Waals surface area contributed by atoms with Gasteiger partial charge >= 0.3 is 0 Å². The molecule has 0 saturated carbocycles. The maximum absolute atomic E-state index is 13.1. The van der Waals surface area contributed by atoms with Crippen LogP contribution in [0, 0.1) is 13.8 Å². The zero-order valence-corrected chi connectivity index (χ0v) is 17.5. The first-order chi connectivity index (χ1) is 13.9. The first kappa shape index (κ1) is 19.4. The highest BCUT2D eigenvalue weighted by atomic mass is 16.2. The predicted molar refractivity (Wildman–Crippen MR) is 112 cm³/mol. The number of benzene rings is 1. The first-order valence-corrected chi connectivity index (χ1v) is 10.3. The van der Waals surface area contributed by atoms with E-state index in [-0.39, 0.29) is 11.8 Å². The Morgan fingerprint density at radius 3 is 2.79 bits per heavy atom. The summed E-state index contributed by atoms with van der Waals surface area (Å²) in [5.41, 5.74) is 4.81. The number of H-pyrrole nitrogens is 1. The fraction of sp³-hybridized carbons (Fsp3) is 0.455. The van der Waals surface area contributed by atoms with Crippen LogP contribution in [0.1, 0.15) is 66.1 Å². The van der Waals surface area contributed by atoms with Gasteiger partial charge in [-0.3, -0.25) is 9.89 Å². The van der Waals surface area contributed by atoms with E-state index in [2.05, 4.69) is 64.8 Å². The molecule has 1 saturated heterocycles. The Bertz CT molecular complexity index is 1020. The zero-order chi connectivity index (χ0) is 20.5. The Kier molecular flexibility index (Phi) is 5.22. The van der Waals surface area contributed by atoms with Gasteiger partial charge in [0.1, 0.15) is 17.8 Å². The largest absolute Gasteiger partial charge is 0.337 e. The smallest absolute Gasteiger partial charge is 0.271 e. The fourth-order valence-electron chi connectivity index (χ4n) is 3.96. The number of carbonyl (C=O) groups is 1. The van der Waals surface area contributed by atoms with Crippen molar-refractivity contribution in [2.24, 2.45) is 0 Å². The average molecular weight is 393 g/mol. The van der Waals surface area contributed by atoms with Crippen LogP contribution in [0.5, 0.6) is 0 Å². The van der Waals surface area contributed by atoms with Crippen molar-refractivity contribution in [3.63, 3.8) is 0 Å². The fourth-order valence-corrected chi connectivity index (χ4v) is 3.96. The number of rotatable bonds is 4. The lowest BCUT2D eigenvalue weighted by Crippen LogP contribution is -2.40. The van der Waals surface area contributed by atoms with Crippen LogP contribution in [0.25, 0.3) is 11.3 Å². The summed E-state index contributed by atoms with van der Waals surface area (Å²) in [7, 11) is 0. The molecule has 0 spiro atoms. The summed E-state index contributed by atoms with van der Waals surface area (Å²) in [6.45, 7) is 9.83. The van der Waals surface area contributed by atoms with Crippen LogP contribution >= 0.6 is 0 Å². The predicted octanol–water partition coefficient (Wildman–Crippen LogP) is 3.89. The molecule has 0 bridgehead atoms. The van der Waals surface area contributed by atoms with Gasteiger partial charge in [-0.05, 0) is 63.8 Å². The second kappa shape index (κ2) is 7.81. The van der Waals surface area contributed by atoms with Crippen LogP contribution in [-0.4, -0.2) is 48.9 Å². The number of hydrogen-bond donors (Lipinski definition) is 1. The van der Waals surface area contributed by atoms with Crippen molar-refractivity contribution in [1.82, 2.24) is 29.9 Å². The molecular formula is C22H28N6O. The van der Waals surface area contributed by atoms with Gasteiger partial charge in [-0.2, -0.15) is 5.10 Å². The standard InChI is InChI=1S/C22H28N6O/c1-14(2)28-13-23-26-21(28)18-6-5-9-27(12-18)22(29)20-11-19(24-25-20)17-8-7-15(3)16(4)10-17/h7-8,10-11,13-14,18H,5-6,9,12H2,1-4H3,(H,24,25). The topological polar surface area (TPSA) is 79.7 Å². The van der Waals surface area contributed by atoms with Crippen molar-refractivity contribution in [2.75, 3.05) is 13.1 Å². The van der Waals surface area contributed by atoms with Crippen molar-refractivity contribution >= 4 is 5.91 Å². The number of nitrogens with one attached hydrogen (secondary N) is 1. The Morgan fingerprint density at radius 2 is 2.03 bits per heavy atom. The number of hydrogen-bond acceptors (Lipinski definition) is 4. The summed E-state index contributed by atoms with van der Waals surface area (Å²) in [5, 5.41) is 15.8. The van der Waals surface area contributed by atoms with Crippen molar-refractivity contribution in [1.29, 1.82) is 0 Å². The molecule has 1 aliphatic rings. The van der Waals surface area contributed by atoms with Gasteiger partial charge in [-0.15, -0.1) is 10.2 Å². The number of aromatic nitrogens is 5. The highest BCUT2D eigenvalue weighted by Crippen LogP contribution is 2.28. The third kappa shape index (κ3) is 3.81. The molecule has 1 amide bonds. The van der Waals surface area contributed by atoms with E-state index in [1.54, 1.807) is 6.33 Å². The highest BCUT2D eigenvalue weighted by molar-refractivity contribution is 5.93. The Morgan fingerprint density at radius 1 is 1.21 bits per heavy atom. The highest BCUT2D eigenvalue weighted by Gasteiger charge is 2.29. The lowest BCUT2D eigenvalue weighted by Gasteiger charge is -2.32. The van der Waals surface area contributed by atoms with Crippen LogP contribution in [0.3, 0.4) is 0 Å². The third-order valence-corrected chi connectivity index (χ3v) is 5.84. The molecule has 4 rings (SSSR count). The number of nitrogens with zero attached hydrogens (tertiary/aromatic N) is 5. The lowest BCUT2D eigenvalue weighted by atomic mass is 9.96. The summed E-state index contributed by atoms with van der Waals surface area (Å²) < 4.78 is 2.10. The van der Waals surface area contributed by atoms with Gasteiger partial charge in [-0.1, -0.05) is 12.1 Å². The van der Waals surface area contributed by atoms with Crippen LogP contribution in [0.15, 0.2) is 30.6 Å². The van der Waals surface area contributed by atoms with Crippen LogP contribution < -0.4 is 0 Å². The zero-order valence-electron chi connectivity index (χ0n) is 17.5. The van der Waals surface area contributed by atoms with Crippen molar-refractivity contribution in [3.05, 3.63) is 53.2 Å². The molecule has 1 unspecified atom stereocenters. The number of piperidine rings is 1. The quantitative estimate of drug-likeness (QED) is 0.731. The number of likely N-dealkylation sites (tertiary alicyclic amines) is 1. The van der Waals surface area contributed by atoms with Crippen molar-refractivity contribution in [2.45, 2.75) is 52.5 Å². The van der Waals surface area contributed by atoms with E-state index < -0.39 is 0 Å². The monoisotopic (exact) mass is 392 g/mol. The van der Waals surface area contributed by atoms with E-state index in [0.717, 1.165) is 36.5 Å². The molecule has 1 fully saturated rings. The van der Waals surface area contributed by atoms with Crippen molar-refractivity contribution < 1.29 is 4.79 Å². The van der Waals surface area contributed by atoms with Gasteiger partial charge in [-0.25, -0.2) is 0 Å². The molecule has 7 nitrogen and oxygen atoms in total. The molecule has 1 atom stereocenters. The second-order valence-corrected chi connectivity index (χ2v) is 8.25. The van der Waals surface area contributed by atoms with E-state index >= 15 is 0 Å². The van der Waals surface area contributed by atoms with E-state index in [1.807, 2.05) is 17.0 Å². The maximum Gasteiger partial charge on any atom is 0.271 e. The van der Waals surface area contributed by atoms with E-state index in [4.69, 9.17) is 0 Å². The van der Waals surface area contributed by atoms with E-state index in [9.17, 15) is 4.79 Å². The number of amides is 1. The minimum Gasteiger partial charge on any atom is -0.337 e. The number of aromatic amines is 1. The summed E-state index contributed by atoms with van der Waals surface area (Å²) in [6, 6.07) is 8.39. The molecule has 1 aromatic carbocycles. The Balaban J connectivity index is 1.51. The summed E-state index contributed by atoms with van der Waals surface area (Å²) in [6.07, 6.45) is 3.76. The Hall–Kier alpha value is -2.96. The molecular weight excluding hydrogens is 364 g/mol. The molecule has 2 aromatic heterocycles. The maximum atomic E-state index is 13.1. The first-order valence-electron chi connectivity index (χ1n) is 10.3.